The Bertz CT molecular complexity index is 527. The van der Waals surface area contributed by atoms with Crippen molar-refractivity contribution in [3.05, 3.63) is 41.7 Å². The zero-order chi connectivity index (χ0) is 13.0. The van der Waals surface area contributed by atoms with E-state index in [-0.39, 0.29) is 0 Å². The van der Waals surface area contributed by atoms with E-state index in [1.807, 2.05) is 25.1 Å². The number of nitrogens with one attached hydrogen (secondary N) is 1. The molecule has 2 aromatic rings. The fourth-order valence-electron chi connectivity index (χ4n) is 1.51. The molecule has 0 amide bonds. The number of aromatic nitrogens is 2. The van der Waals surface area contributed by atoms with Gasteiger partial charge >= 0.3 is 5.97 Å². The quantitative estimate of drug-likeness (QED) is 0.866. The molecule has 1 heterocycles. The van der Waals surface area contributed by atoms with E-state index in [0.29, 0.717) is 10.7 Å². The van der Waals surface area contributed by atoms with Crippen LogP contribution in [-0.4, -0.2) is 20.4 Å². The lowest BCUT2D eigenvalue weighted by molar-refractivity contribution is -0.138. The first-order chi connectivity index (χ1) is 8.70. The number of nitrogens with zero attached hydrogens (tertiary/aromatic N) is 2. The topological polar surface area (TPSA) is 75.1 Å². The minimum Gasteiger partial charge on any atom is -0.479 e. The van der Waals surface area contributed by atoms with Gasteiger partial charge in [-0.25, -0.2) is 9.78 Å². The van der Waals surface area contributed by atoms with Gasteiger partial charge in [-0.05, 0) is 5.56 Å². The van der Waals surface area contributed by atoms with Crippen LogP contribution in [0.3, 0.4) is 0 Å². The van der Waals surface area contributed by atoms with Crippen molar-refractivity contribution in [2.24, 2.45) is 0 Å². The summed E-state index contributed by atoms with van der Waals surface area (Å²) < 4.78 is 4.12. The summed E-state index contributed by atoms with van der Waals surface area (Å²) in [6, 6.07) is 8.21. The third-order valence-corrected chi connectivity index (χ3v) is 3.12. The predicted molar refractivity (Wildman–Crippen MR) is 69.7 cm³/mol. The highest BCUT2D eigenvalue weighted by Gasteiger charge is 2.20. The van der Waals surface area contributed by atoms with E-state index < -0.39 is 12.0 Å². The molecule has 0 bridgehead atoms. The third-order valence-electron chi connectivity index (χ3n) is 2.43. The fourth-order valence-corrected chi connectivity index (χ4v) is 2.19. The van der Waals surface area contributed by atoms with Crippen LogP contribution in [0.4, 0.5) is 5.13 Å². The first-order valence-electron chi connectivity index (χ1n) is 5.57. The maximum absolute atomic E-state index is 11.3. The van der Waals surface area contributed by atoms with Crippen molar-refractivity contribution in [1.29, 1.82) is 0 Å². The molecule has 0 saturated heterocycles. The van der Waals surface area contributed by atoms with Gasteiger partial charge < -0.3 is 10.4 Å². The third kappa shape index (κ3) is 2.84. The van der Waals surface area contributed by atoms with Crippen molar-refractivity contribution in [2.45, 2.75) is 19.4 Å². The van der Waals surface area contributed by atoms with E-state index in [9.17, 15) is 9.90 Å². The smallest absolute Gasteiger partial charge is 0.330 e. The lowest BCUT2D eigenvalue weighted by Crippen LogP contribution is -2.20. The second kappa shape index (κ2) is 5.59. The standard InChI is InChI=1S/C12H13N3O2S/c1-2-9-13-12(18-15-9)14-10(11(16)17)8-6-4-3-5-7-8/h3-7,10H,2H2,1H3,(H,16,17)(H,13,14,15). The molecule has 1 aromatic heterocycles. The summed E-state index contributed by atoms with van der Waals surface area (Å²) in [7, 11) is 0. The van der Waals surface area contributed by atoms with Gasteiger partial charge in [0.15, 0.2) is 6.04 Å². The van der Waals surface area contributed by atoms with E-state index in [1.54, 1.807) is 12.1 Å². The fraction of sp³-hybridized carbons (Fsp3) is 0.250. The summed E-state index contributed by atoms with van der Waals surface area (Å²) in [5.74, 6) is -0.214. The van der Waals surface area contributed by atoms with E-state index in [1.165, 1.54) is 11.5 Å². The van der Waals surface area contributed by atoms with Crippen LogP contribution in [0.15, 0.2) is 30.3 Å². The average Bonchev–Trinajstić information content (AvgIpc) is 2.84. The molecular weight excluding hydrogens is 250 g/mol. The van der Waals surface area contributed by atoms with Crippen LogP contribution in [0.1, 0.15) is 24.4 Å². The first kappa shape index (κ1) is 12.5. The molecule has 1 aromatic carbocycles. The second-order valence-corrected chi connectivity index (χ2v) is 4.45. The Morgan fingerprint density at radius 1 is 1.44 bits per heavy atom. The number of carboxylic acids is 1. The molecule has 0 fully saturated rings. The van der Waals surface area contributed by atoms with Crippen molar-refractivity contribution in [1.82, 2.24) is 9.36 Å². The van der Waals surface area contributed by atoms with Gasteiger partial charge in [-0.15, -0.1) is 0 Å². The van der Waals surface area contributed by atoms with E-state index in [2.05, 4.69) is 14.7 Å². The summed E-state index contributed by atoms with van der Waals surface area (Å²) in [5, 5.41) is 12.7. The number of carbonyl (C=O) groups is 1. The van der Waals surface area contributed by atoms with E-state index >= 15 is 0 Å². The SMILES string of the molecule is CCc1nsc(NC(C(=O)O)c2ccccc2)n1. The lowest BCUT2D eigenvalue weighted by atomic mass is 10.1. The molecule has 0 aliphatic heterocycles. The molecule has 0 saturated carbocycles. The van der Waals surface area contributed by atoms with Gasteiger partial charge in [0.05, 0.1) is 0 Å². The molecule has 1 unspecified atom stereocenters. The van der Waals surface area contributed by atoms with Crippen molar-refractivity contribution in [3.63, 3.8) is 0 Å². The zero-order valence-electron chi connectivity index (χ0n) is 9.83. The number of hydrogen-bond acceptors (Lipinski definition) is 5. The van der Waals surface area contributed by atoms with Crippen LogP contribution in [0, 0.1) is 0 Å². The Hall–Kier alpha value is -1.95. The Morgan fingerprint density at radius 2 is 2.17 bits per heavy atom. The van der Waals surface area contributed by atoms with Gasteiger partial charge in [0.25, 0.3) is 0 Å². The largest absolute Gasteiger partial charge is 0.479 e. The molecule has 0 radical (unpaired) electrons. The minimum absolute atomic E-state index is 0.531. The monoisotopic (exact) mass is 263 g/mol. The Kier molecular flexibility index (Phi) is 3.88. The lowest BCUT2D eigenvalue weighted by Gasteiger charge is -2.13. The second-order valence-electron chi connectivity index (χ2n) is 3.70. The molecule has 0 spiro atoms. The van der Waals surface area contributed by atoms with Crippen LogP contribution < -0.4 is 5.32 Å². The Balaban J connectivity index is 2.19. The van der Waals surface area contributed by atoms with Gasteiger partial charge in [-0.3, -0.25) is 0 Å². The highest BCUT2D eigenvalue weighted by atomic mass is 32.1. The predicted octanol–water partition coefficient (Wildman–Crippen LogP) is 2.34. The number of aryl methyl sites for hydroxylation is 1. The van der Waals surface area contributed by atoms with Gasteiger partial charge in [0.1, 0.15) is 5.82 Å². The minimum atomic E-state index is -0.936. The number of benzene rings is 1. The van der Waals surface area contributed by atoms with Crippen LogP contribution in [0.25, 0.3) is 0 Å². The van der Waals surface area contributed by atoms with E-state index in [0.717, 1.165) is 12.2 Å². The van der Waals surface area contributed by atoms with Crippen molar-refractivity contribution < 1.29 is 9.90 Å². The molecule has 2 N–H and O–H groups in total. The number of hydrogen-bond donors (Lipinski definition) is 2. The highest BCUT2D eigenvalue weighted by molar-refractivity contribution is 7.09. The Labute approximate surface area is 109 Å². The summed E-state index contributed by atoms with van der Waals surface area (Å²) in [6.07, 6.45) is 0.737. The number of anilines is 1. The molecular formula is C12H13N3O2S. The van der Waals surface area contributed by atoms with Gasteiger partial charge in [-0.1, -0.05) is 37.3 Å². The molecule has 0 aliphatic rings. The molecule has 5 nitrogen and oxygen atoms in total. The van der Waals surface area contributed by atoms with Crippen molar-refractivity contribution >= 4 is 22.6 Å². The number of aliphatic carboxylic acids is 1. The van der Waals surface area contributed by atoms with Crippen molar-refractivity contribution in [3.8, 4) is 0 Å². The highest BCUT2D eigenvalue weighted by Crippen LogP contribution is 2.21. The average molecular weight is 263 g/mol. The van der Waals surface area contributed by atoms with Gasteiger partial charge in [0.2, 0.25) is 5.13 Å². The van der Waals surface area contributed by atoms with Crippen LogP contribution in [0.5, 0.6) is 0 Å². The molecule has 0 aliphatic carbocycles. The molecule has 2 rings (SSSR count). The van der Waals surface area contributed by atoms with Gasteiger partial charge in [-0.2, -0.15) is 4.37 Å². The zero-order valence-corrected chi connectivity index (χ0v) is 10.6. The van der Waals surface area contributed by atoms with Crippen molar-refractivity contribution in [2.75, 3.05) is 5.32 Å². The summed E-state index contributed by atoms with van der Waals surface area (Å²) >= 11 is 1.18. The van der Waals surface area contributed by atoms with Crippen LogP contribution >= 0.6 is 11.5 Å². The Morgan fingerprint density at radius 3 is 2.72 bits per heavy atom. The van der Waals surface area contributed by atoms with Gasteiger partial charge in [0, 0.05) is 18.0 Å². The summed E-state index contributed by atoms with van der Waals surface area (Å²) in [4.78, 5) is 15.5. The number of carboxylic acid groups (broad SMARTS) is 1. The molecule has 6 heteroatoms. The summed E-state index contributed by atoms with van der Waals surface area (Å²) in [5.41, 5.74) is 0.693. The number of rotatable bonds is 5. The molecule has 94 valence electrons. The first-order valence-corrected chi connectivity index (χ1v) is 6.35. The molecule has 18 heavy (non-hydrogen) atoms. The molecule has 1 atom stereocenters. The van der Waals surface area contributed by atoms with E-state index in [4.69, 9.17) is 0 Å². The van der Waals surface area contributed by atoms with Crippen LogP contribution in [0.2, 0.25) is 0 Å². The normalized spacial score (nSPS) is 12.1. The van der Waals surface area contributed by atoms with Crippen LogP contribution in [-0.2, 0) is 11.2 Å². The maximum Gasteiger partial charge on any atom is 0.330 e. The maximum atomic E-state index is 11.3. The summed E-state index contributed by atoms with van der Waals surface area (Å²) in [6.45, 7) is 1.96.